The molecule has 3 heterocycles. The predicted molar refractivity (Wildman–Crippen MR) is 88.8 cm³/mol. The maximum absolute atomic E-state index is 12.8. The van der Waals surface area contributed by atoms with Crippen molar-refractivity contribution >= 4 is 0 Å². The molecular formula is C19H16F3N3O. The third kappa shape index (κ3) is 3.10. The Hall–Kier alpha value is -2.67. The summed E-state index contributed by atoms with van der Waals surface area (Å²) in [6, 6.07) is 12.4. The number of benzene rings is 1. The molecule has 0 saturated heterocycles. The van der Waals surface area contributed by atoms with E-state index < -0.39 is 11.9 Å². The Morgan fingerprint density at radius 2 is 1.77 bits per heavy atom. The molecule has 0 saturated carbocycles. The lowest BCUT2D eigenvalue weighted by molar-refractivity contribution is -0.141. The van der Waals surface area contributed by atoms with Gasteiger partial charge in [-0.25, -0.2) is 0 Å². The van der Waals surface area contributed by atoms with Gasteiger partial charge in [-0.15, -0.1) is 0 Å². The van der Waals surface area contributed by atoms with Crippen LogP contribution in [0.15, 0.2) is 53.2 Å². The first-order valence-electron chi connectivity index (χ1n) is 8.23. The number of aromatic nitrogens is 2. The smallest absolute Gasteiger partial charge is 0.359 e. The summed E-state index contributed by atoms with van der Waals surface area (Å²) in [6.07, 6.45) is -3.36. The SMILES string of the molecule is C[C@@H](c1cc(-c2ccnc(C(F)(F)F)c2)no1)N1Cc2ccccc2C1. The molecule has 1 aliphatic heterocycles. The van der Waals surface area contributed by atoms with Crippen LogP contribution in [0, 0.1) is 0 Å². The molecule has 0 amide bonds. The topological polar surface area (TPSA) is 42.2 Å². The van der Waals surface area contributed by atoms with E-state index in [0.29, 0.717) is 17.0 Å². The van der Waals surface area contributed by atoms with Gasteiger partial charge in [-0.2, -0.15) is 13.2 Å². The Morgan fingerprint density at radius 1 is 1.08 bits per heavy atom. The van der Waals surface area contributed by atoms with Crippen LogP contribution < -0.4 is 0 Å². The summed E-state index contributed by atoms with van der Waals surface area (Å²) in [7, 11) is 0. The van der Waals surface area contributed by atoms with Crippen molar-refractivity contribution in [2.24, 2.45) is 0 Å². The average molecular weight is 359 g/mol. The monoisotopic (exact) mass is 359 g/mol. The lowest BCUT2D eigenvalue weighted by atomic mass is 10.1. The first kappa shape index (κ1) is 16.8. The molecule has 4 rings (SSSR count). The van der Waals surface area contributed by atoms with Crippen molar-refractivity contribution in [3.63, 3.8) is 0 Å². The maximum Gasteiger partial charge on any atom is 0.433 e. The first-order valence-corrected chi connectivity index (χ1v) is 8.23. The number of alkyl halides is 3. The fraction of sp³-hybridized carbons (Fsp3) is 0.263. The Labute approximate surface area is 148 Å². The van der Waals surface area contributed by atoms with Crippen molar-refractivity contribution in [1.29, 1.82) is 0 Å². The largest absolute Gasteiger partial charge is 0.433 e. The number of hydrogen-bond donors (Lipinski definition) is 0. The highest BCUT2D eigenvalue weighted by Crippen LogP contribution is 2.34. The van der Waals surface area contributed by atoms with Crippen LogP contribution >= 0.6 is 0 Å². The predicted octanol–water partition coefficient (Wildman–Crippen LogP) is 4.83. The number of halogens is 3. The minimum atomic E-state index is -4.49. The molecule has 26 heavy (non-hydrogen) atoms. The summed E-state index contributed by atoms with van der Waals surface area (Å²) in [6.45, 7) is 3.62. The summed E-state index contributed by atoms with van der Waals surface area (Å²) in [5, 5.41) is 3.95. The highest BCUT2D eigenvalue weighted by atomic mass is 19.4. The molecule has 134 valence electrons. The quantitative estimate of drug-likeness (QED) is 0.672. The Balaban J connectivity index is 1.55. The summed E-state index contributed by atoms with van der Waals surface area (Å²) < 4.78 is 43.9. The van der Waals surface area contributed by atoms with Gasteiger partial charge in [0.1, 0.15) is 11.4 Å². The summed E-state index contributed by atoms with van der Waals surface area (Å²) in [5.74, 6) is 0.623. The third-order valence-corrected chi connectivity index (χ3v) is 4.70. The molecule has 0 unspecified atom stereocenters. The van der Waals surface area contributed by atoms with Crippen molar-refractivity contribution in [3.05, 3.63) is 71.2 Å². The summed E-state index contributed by atoms with van der Waals surface area (Å²) in [5.41, 5.74) is 2.32. The molecule has 1 aliphatic rings. The fourth-order valence-corrected chi connectivity index (χ4v) is 3.18. The summed E-state index contributed by atoms with van der Waals surface area (Å²) >= 11 is 0. The molecule has 0 N–H and O–H groups in total. The number of pyridine rings is 1. The third-order valence-electron chi connectivity index (χ3n) is 4.70. The van der Waals surface area contributed by atoms with Crippen LogP contribution in [-0.4, -0.2) is 15.0 Å². The van der Waals surface area contributed by atoms with Crippen molar-refractivity contribution in [2.75, 3.05) is 0 Å². The van der Waals surface area contributed by atoms with E-state index in [-0.39, 0.29) is 6.04 Å². The van der Waals surface area contributed by atoms with Crippen LogP contribution in [0.2, 0.25) is 0 Å². The van der Waals surface area contributed by atoms with Gasteiger partial charge in [-0.3, -0.25) is 9.88 Å². The number of rotatable bonds is 3. The van der Waals surface area contributed by atoms with Gasteiger partial charge in [0.15, 0.2) is 5.76 Å². The van der Waals surface area contributed by atoms with Crippen LogP contribution in [0.1, 0.15) is 35.5 Å². The van der Waals surface area contributed by atoms with E-state index in [0.717, 1.165) is 25.4 Å². The molecule has 0 bridgehead atoms. The van der Waals surface area contributed by atoms with Gasteiger partial charge in [0.25, 0.3) is 0 Å². The van der Waals surface area contributed by atoms with Crippen LogP contribution in [0.25, 0.3) is 11.3 Å². The van der Waals surface area contributed by atoms with Gasteiger partial charge in [0.2, 0.25) is 0 Å². The normalized spacial score (nSPS) is 15.8. The molecule has 4 nitrogen and oxygen atoms in total. The van der Waals surface area contributed by atoms with E-state index in [2.05, 4.69) is 27.2 Å². The van der Waals surface area contributed by atoms with E-state index in [4.69, 9.17) is 4.52 Å². The summed E-state index contributed by atoms with van der Waals surface area (Å²) in [4.78, 5) is 5.61. The van der Waals surface area contributed by atoms with Crippen molar-refractivity contribution < 1.29 is 17.7 Å². The molecule has 3 aromatic rings. The standard InChI is InChI=1S/C19H16F3N3O/c1-12(25-10-14-4-2-3-5-15(14)11-25)17-9-16(24-26-17)13-6-7-23-18(8-13)19(20,21)22/h2-9,12H,10-11H2,1H3/t12-/m0/s1. The van der Waals surface area contributed by atoms with Gasteiger partial charge in [-0.05, 0) is 30.2 Å². The molecule has 1 atom stereocenters. The Morgan fingerprint density at radius 3 is 2.42 bits per heavy atom. The van der Waals surface area contributed by atoms with Crippen LogP contribution in [-0.2, 0) is 19.3 Å². The van der Waals surface area contributed by atoms with Gasteiger partial charge in [0, 0.05) is 30.9 Å². The van der Waals surface area contributed by atoms with E-state index >= 15 is 0 Å². The van der Waals surface area contributed by atoms with Gasteiger partial charge in [-0.1, -0.05) is 29.4 Å². The molecule has 0 radical (unpaired) electrons. The Bertz CT molecular complexity index is 911. The van der Waals surface area contributed by atoms with E-state index in [1.165, 1.54) is 17.2 Å². The zero-order chi connectivity index (χ0) is 18.3. The zero-order valence-corrected chi connectivity index (χ0v) is 14.0. The Kier molecular flexibility index (Phi) is 4.03. The number of fused-ring (bicyclic) bond motifs is 1. The fourth-order valence-electron chi connectivity index (χ4n) is 3.18. The van der Waals surface area contributed by atoms with Gasteiger partial charge in [0.05, 0.1) is 6.04 Å². The van der Waals surface area contributed by atoms with Gasteiger partial charge >= 0.3 is 6.18 Å². The molecule has 0 spiro atoms. The minimum absolute atomic E-state index is 0.0347. The number of nitrogens with zero attached hydrogens (tertiary/aromatic N) is 3. The molecule has 0 fully saturated rings. The van der Waals surface area contributed by atoms with Crippen molar-refractivity contribution in [3.8, 4) is 11.3 Å². The molecule has 7 heteroatoms. The van der Waals surface area contributed by atoms with Gasteiger partial charge < -0.3 is 4.52 Å². The molecule has 0 aliphatic carbocycles. The molecule has 1 aromatic carbocycles. The van der Waals surface area contributed by atoms with Crippen LogP contribution in [0.4, 0.5) is 13.2 Å². The maximum atomic E-state index is 12.8. The average Bonchev–Trinajstić information content (AvgIpc) is 3.27. The van der Waals surface area contributed by atoms with Crippen molar-refractivity contribution in [1.82, 2.24) is 15.0 Å². The first-order chi connectivity index (χ1) is 12.4. The highest BCUT2D eigenvalue weighted by molar-refractivity contribution is 5.59. The zero-order valence-electron chi connectivity index (χ0n) is 14.0. The minimum Gasteiger partial charge on any atom is -0.359 e. The second kappa shape index (κ2) is 6.25. The molecule has 2 aromatic heterocycles. The lowest BCUT2D eigenvalue weighted by Gasteiger charge is -2.20. The van der Waals surface area contributed by atoms with Crippen LogP contribution in [0.5, 0.6) is 0 Å². The second-order valence-corrected chi connectivity index (χ2v) is 6.39. The van der Waals surface area contributed by atoms with E-state index in [1.54, 1.807) is 6.07 Å². The lowest BCUT2D eigenvalue weighted by Crippen LogP contribution is -2.20. The highest BCUT2D eigenvalue weighted by Gasteiger charge is 2.33. The molecular weight excluding hydrogens is 343 g/mol. The van der Waals surface area contributed by atoms with E-state index in [1.807, 2.05) is 19.1 Å². The van der Waals surface area contributed by atoms with Crippen LogP contribution in [0.3, 0.4) is 0 Å². The van der Waals surface area contributed by atoms with E-state index in [9.17, 15) is 13.2 Å². The second-order valence-electron chi connectivity index (χ2n) is 6.39. The number of hydrogen-bond acceptors (Lipinski definition) is 4. The van der Waals surface area contributed by atoms with Crippen molar-refractivity contribution in [2.45, 2.75) is 32.2 Å².